The summed E-state index contributed by atoms with van der Waals surface area (Å²) in [6.45, 7) is 9.96. The van der Waals surface area contributed by atoms with Crippen LogP contribution < -0.4 is 11.1 Å². The second kappa shape index (κ2) is 9.36. The van der Waals surface area contributed by atoms with Crippen LogP contribution in [-0.2, 0) is 4.79 Å². The highest BCUT2D eigenvalue weighted by Crippen LogP contribution is 2.07. The van der Waals surface area contributed by atoms with Crippen LogP contribution in [0.1, 0.15) is 53.9 Å². The van der Waals surface area contributed by atoms with Crippen LogP contribution in [0.4, 0.5) is 0 Å². The highest BCUT2D eigenvalue weighted by Gasteiger charge is 2.10. The van der Waals surface area contributed by atoms with Crippen molar-refractivity contribution in [2.24, 2.45) is 16.6 Å². The standard InChI is InChI=1S/C15H27N3O/c1-6-8-9-13(16)18-15(19)14(11(3)4)17-10-12(5)7-2/h9-10,12H,6-8,16H2,1-5H3,(H,18,19)/b13-9+,17-10?. The molecule has 0 aliphatic carbocycles. The first-order chi connectivity index (χ1) is 8.92. The van der Waals surface area contributed by atoms with Crippen molar-refractivity contribution >= 4 is 12.1 Å². The third kappa shape index (κ3) is 7.44. The first kappa shape index (κ1) is 17.4. The van der Waals surface area contributed by atoms with Crippen LogP contribution in [0.25, 0.3) is 0 Å². The zero-order chi connectivity index (χ0) is 14.8. The summed E-state index contributed by atoms with van der Waals surface area (Å²) in [5, 5.41) is 2.67. The van der Waals surface area contributed by atoms with Gasteiger partial charge in [-0.3, -0.25) is 9.79 Å². The number of hydrogen-bond acceptors (Lipinski definition) is 3. The molecule has 0 rings (SSSR count). The third-order valence-corrected chi connectivity index (χ3v) is 2.70. The van der Waals surface area contributed by atoms with Gasteiger partial charge in [-0.1, -0.05) is 27.2 Å². The van der Waals surface area contributed by atoms with Crippen LogP contribution >= 0.6 is 0 Å². The zero-order valence-corrected chi connectivity index (χ0v) is 12.8. The van der Waals surface area contributed by atoms with Crippen molar-refractivity contribution in [2.75, 3.05) is 0 Å². The number of rotatable bonds is 7. The Bertz CT molecular complexity index is 377. The molecule has 1 atom stereocenters. The number of allylic oxidation sites excluding steroid dienone is 2. The molecule has 1 unspecified atom stereocenters. The maximum absolute atomic E-state index is 12.1. The fraction of sp³-hybridized carbons (Fsp3) is 0.600. The van der Waals surface area contributed by atoms with Gasteiger partial charge in [0.15, 0.2) is 0 Å². The van der Waals surface area contributed by atoms with E-state index in [1.54, 1.807) is 0 Å². The molecule has 0 aliphatic heterocycles. The van der Waals surface area contributed by atoms with Gasteiger partial charge in [0.25, 0.3) is 5.91 Å². The minimum Gasteiger partial charge on any atom is -0.385 e. The molecule has 0 heterocycles. The minimum atomic E-state index is -0.246. The molecule has 4 nitrogen and oxygen atoms in total. The molecule has 0 aromatic heterocycles. The molecule has 0 aromatic carbocycles. The number of nitrogens with zero attached hydrogens (tertiary/aromatic N) is 1. The van der Waals surface area contributed by atoms with Gasteiger partial charge in [0.05, 0.1) is 5.82 Å². The molecule has 0 aliphatic rings. The molecule has 0 fully saturated rings. The van der Waals surface area contributed by atoms with E-state index in [1.165, 1.54) is 0 Å². The number of amides is 1. The van der Waals surface area contributed by atoms with E-state index in [0.29, 0.717) is 17.4 Å². The van der Waals surface area contributed by atoms with Crippen LogP contribution in [0, 0.1) is 5.92 Å². The van der Waals surface area contributed by atoms with E-state index in [4.69, 9.17) is 5.73 Å². The molecule has 0 saturated carbocycles. The number of nitrogens with one attached hydrogen (secondary N) is 1. The number of carbonyl (C=O) groups is 1. The summed E-state index contributed by atoms with van der Waals surface area (Å²) < 4.78 is 0. The Hall–Kier alpha value is -1.58. The van der Waals surface area contributed by atoms with E-state index in [2.05, 4.69) is 31.1 Å². The molecular formula is C15H27N3O. The molecule has 0 bridgehead atoms. The van der Waals surface area contributed by atoms with Gasteiger partial charge in [-0.2, -0.15) is 0 Å². The molecule has 19 heavy (non-hydrogen) atoms. The topological polar surface area (TPSA) is 67.5 Å². The lowest BCUT2D eigenvalue weighted by molar-refractivity contribution is -0.116. The molecule has 3 N–H and O–H groups in total. The molecule has 0 aromatic rings. The summed E-state index contributed by atoms with van der Waals surface area (Å²) >= 11 is 0. The largest absolute Gasteiger partial charge is 0.385 e. The lowest BCUT2D eigenvalue weighted by Gasteiger charge is -2.08. The Labute approximate surface area is 116 Å². The van der Waals surface area contributed by atoms with Crippen molar-refractivity contribution < 1.29 is 4.79 Å². The second-order valence-corrected chi connectivity index (χ2v) is 4.91. The van der Waals surface area contributed by atoms with Crippen LogP contribution in [0.3, 0.4) is 0 Å². The molecule has 1 amide bonds. The smallest absolute Gasteiger partial charge is 0.275 e. The van der Waals surface area contributed by atoms with Gasteiger partial charge >= 0.3 is 0 Å². The summed E-state index contributed by atoms with van der Waals surface area (Å²) in [5.41, 5.74) is 7.05. The normalized spacial score (nSPS) is 13.4. The first-order valence-corrected chi connectivity index (χ1v) is 6.90. The number of aliphatic imine (C=N–C) groups is 1. The van der Waals surface area contributed by atoms with E-state index in [1.807, 2.05) is 26.1 Å². The average Bonchev–Trinajstić information content (AvgIpc) is 2.35. The van der Waals surface area contributed by atoms with Crippen molar-refractivity contribution in [3.05, 3.63) is 23.2 Å². The SMILES string of the molecule is CCC/C=C(\N)NC(=O)C(N=CC(C)CC)=C(C)C. The van der Waals surface area contributed by atoms with Gasteiger partial charge < -0.3 is 11.1 Å². The molecule has 108 valence electrons. The van der Waals surface area contributed by atoms with Gasteiger partial charge in [0, 0.05) is 6.21 Å². The highest BCUT2D eigenvalue weighted by atomic mass is 16.2. The summed E-state index contributed by atoms with van der Waals surface area (Å²) in [6.07, 6.45) is 6.48. The lowest BCUT2D eigenvalue weighted by atomic mass is 10.1. The zero-order valence-electron chi connectivity index (χ0n) is 12.8. The summed E-state index contributed by atoms with van der Waals surface area (Å²) in [4.78, 5) is 16.3. The van der Waals surface area contributed by atoms with Crippen molar-refractivity contribution in [1.29, 1.82) is 0 Å². The molecule has 0 radical (unpaired) electrons. The molecular weight excluding hydrogens is 238 g/mol. The van der Waals surface area contributed by atoms with E-state index >= 15 is 0 Å². The quantitative estimate of drug-likeness (QED) is 0.548. The fourth-order valence-electron chi connectivity index (χ4n) is 1.26. The Morgan fingerprint density at radius 1 is 1.37 bits per heavy atom. The number of hydrogen-bond donors (Lipinski definition) is 2. The third-order valence-electron chi connectivity index (χ3n) is 2.70. The second-order valence-electron chi connectivity index (χ2n) is 4.91. The number of carbonyl (C=O) groups excluding carboxylic acids is 1. The van der Waals surface area contributed by atoms with Gasteiger partial charge in [-0.05, 0) is 44.3 Å². The van der Waals surface area contributed by atoms with E-state index in [9.17, 15) is 4.79 Å². The maximum atomic E-state index is 12.1. The van der Waals surface area contributed by atoms with Gasteiger partial charge in [0.1, 0.15) is 5.70 Å². The minimum absolute atomic E-state index is 0.246. The van der Waals surface area contributed by atoms with Gasteiger partial charge in [-0.15, -0.1) is 0 Å². The fourth-order valence-corrected chi connectivity index (χ4v) is 1.26. The Balaban J connectivity index is 4.80. The molecule has 4 heteroatoms. The van der Waals surface area contributed by atoms with Gasteiger partial charge in [0.2, 0.25) is 0 Å². The predicted octanol–water partition coefficient (Wildman–Crippen LogP) is 3.11. The Kier molecular flexibility index (Phi) is 8.58. The Morgan fingerprint density at radius 3 is 2.47 bits per heavy atom. The van der Waals surface area contributed by atoms with Crippen molar-refractivity contribution in [2.45, 2.75) is 53.9 Å². The summed E-state index contributed by atoms with van der Waals surface area (Å²) in [7, 11) is 0. The highest BCUT2D eigenvalue weighted by molar-refractivity contribution is 5.96. The van der Waals surface area contributed by atoms with Gasteiger partial charge in [-0.25, -0.2) is 0 Å². The van der Waals surface area contributed by atoms with E-state index < -0.39 is 0 Å². The van der Waals surface area contributed by atoms with Crippen molar-refractivity contribution in [1.82, 2.24) is 5.32 Å². The van der Waals surface area contributed by atoms with Crippen molar-refractivity contribution in [3.8, 4) is 0 Å². The lowest BCUT2D eigenvalue weighted by Crippen LogP contribution is -2.28. The number of unbranched alkanes of at least 4 members (excludes halogenated alkanes) is 1. The number of nitrogens with two attached hydrogens (primary N) is 1. The van der Waals surface area contributed by atoms with Crippen LogP contribution in [0.5, 0.6) is 0 Å². The van der Waals surface area contributed by atoms with E-state index in [0.717, 1.165) is 24.8 Å². The average molecular weight is 265 g/mol. The molecule has 0 saturated heterocycles. The molecule has 0 spiro atoms. The first-order valence-electron chi connectivity index (χ1n) is 6.90. The Morgan fingerprint density at radius 2 is 2.00 bits per heavy atom. The summed E-state index contributed by atoms with van der Waals surface area (Å²) in [5.74, 6) is 0.504. The predicted molar refractivity (Wildman–Crippen MR) is 81.6 cm³/mol. The summed E-state index contributed by atoms with van der Waals surface area (Å²) in [6, 6.07) is 0. The van der Waals surface area contributed by atoms with Crippen molar-refractivity contribution in [3.63, 3.8) is 0 Å². The van der Waals surface area contributed by atoms with Crippen LogP contribution in [-0.4, -0.2) is 12.1 Å². The van der Waals surface area contributed by atoms with Crippen LogP contribution in [0.15, 0.2) is 28.2 Å². The maximum Gasteiger partial charge on any atom is 0.275 e. The van der Waals surface area contributed by atoms with E-state index in [-0.39, 0.29) is 5.91 Å². The van der Waals surface area contributed by atoms with Crippen LogP contribution in [0.2, 0.25) is 0 Å². The monoisotopic (exact) mass is 265 g/mol.